The second-order valence-corrected chi connectivity index (χ2v) is 23.4. The molecule has 0 fully saturated rings. The fourth-order valence-corrected chi connectivity index (χ4v) is 18.8. The summed E-state index contributed by atoms with van der Waals surface area (Å²) in [6.07, 6.45) is 11.5. The van der Waals surface area contributed by atoms with Crippen LogP contribution in [0.2, 0.25) is 0 Å². The van der Waals surface area contributed by atoms with Gasteiger partial charge in [-0.1, -0.05) is 0 Å². The van der Waals surface area contributed by atoms with Crippen LogP contribution in [0.15, 0.2) is 182 Å². The Bertz CT molecular complexity index is 1590. The molecular formula is C46H52P2. The average Bonchev–Trinajstić information content (AvgIpc) is 3.18. The van der Waals surface area contributed by atoms with Crippen molar-refractivity contribution < 1.29 is 0 Å². The molecule has 2 heteroatoms. The van der Waals surface area contributed by atoms with Crippen LogP contribution < -0.4 is 31.8 Å². The summed E-state index contributed by atoms with van der Waals surface area (Å²) in [5, 5.41) is 9.09. The predicted molar refractivity (Wildman–Crippen MR) is 220 cm³/mol. The van der Waals surface area contributed by atoms with E-state index < -0.39 is 13.9 Å². The summed E-state index contributed by atoms with van der Waals surface area (Å²) >= 11 is 0. The van der Waals surface area contributed by atoms with Crippen molar-refractivity contribution in [2.24, 2.45) is 0 Å². The van der Waals surface area contributed by atoms with Gasteiger partial charge in [0.25, 0.3) is 0 Å². The molecule has 0 saturated heterocycles. The minimum absolute atomic E-state index is 1.21. The Morgan fingerprint density at radius 1 is 0.333 bits per heavy atom. The first kappa shape index (κ1) is 34.1. The van der Waals surface area contributed by atoms with Crippen LogP contribution in [-0.4, -0.2) is 19.0 Å². The molecule has 0 aliphatic heterocycles. The Hall–Kier alpha value is -3.82. The monoisotopic (exact) mass is 666 g/mol. The summed E-state index contributed by atoms with van der Waals surface area (Å²) in [6.45, 7) is -0.0166. The molecule has 0 nitrogen and oxygen atoms in total. The molecule has 0 radical (unpaired) electrons. The Labute approximate surface area is 290 Å². The van der Waals surface area contributed by atoms with E-state index >= 15 is 0 Å². The van der Waals surface area contributed by atoms with Crippen molar-refractivity contribution in [3.05, 3.63) is 182 Å². The fraction of sp³-hybridized carbons (Fsp3) is 0.217. The van der Waals surface area contributed by atoms with Crippen molar-refractivity contribution in [1.82, 2.24) is 0 Å². The number of hydrogen-bond acceptors (Lipinski definition) is 0. The van der Waals surface area contributed by atoms with Gasteiger partial charge in [0.2, 0.25) is 0 Å². The summed E-state index contributed by atoms with van der Waals surface area (Å²) in [5.74, 6) is 0. The fourth-order valence-electron chi connectivity index (χ4n) is 8.21. The second-order valence-electron chi connectivity index (χ2n) is 13.8. The number of rotatable bonds is 16. The van der Waals surface area contributed by atoms with E-state index in [1.165, 1.54) is 89.1 Å². The molecule has 48 heavy (non-hydrogen) atoms. The van der Waals surface area contributed by atoms with Gasteiger partial charge in [0, 0.05) is 0 Å². The van der Waals surface area contributed by atoms with Gasteiger partial charge in [-0.25, -0.2) is 0 Å². The molecule has 0 unspecified atom stereocenters. The zero-order chi connectivity index (χ0) is 33.0. The molecule has 0 spiro atoms. The third kappa shape index (κ3) is 6.99. The standard InChI is InChI=1S/C46H52P2/c1-48(44-33-19-10-20-34-44,45-35-21-11-22-36-45,46-37-23-12-24-38-46)40-26-6-4-2-3-5-25-39-47(41-27-13-7-14-28-41,42-29-15-8-16-30-42)43-31-17-9-18-32-43/h7-24,27-38,47H,2-6,25-26,39-40H2,1H3. The van der Waals surface area contributed by atoms with Gasteiger partial charge >= 0.3 is 292 Å². The van der Waals surface area contributed by atoms with Crippen LogP contribution in [0.1, 0.15) is 44.9 Å². The van der Waals surface area contributed by atoms with Crippen LogP contribution in [0.5, 0.6) is 0 Å². The summed E-state index contributed by atoms with van der Waals surface area (Å²) in [5.41, 5.74) is 0. The summed E-state index contributed by atoms with van der Waals surface area (Å²) in [7, 11) is -2.13. The van der Waals surface area contributed by atoms with Gasteiger partial charge in [0.05, 0.1) is 0 Å². The van der Waals surface area contributed by atoms with E-state index in [0.717, 1.165) is 0 Å². The van der Waals surface area contributed by atoms with E-state index in [-0.39, 0.29) is 0 Å². The quantitative estimate of drug-likeness (QED) is 0.0713. The van der Waals surface area contributed by atoms with Crippen molar-refractivity contribution >= 4 is 45.7 Å². The van der Waals surface area contributed by atoms with Gasteiger partial charge in [0.1, 0.15) is 0 Å². The van der Waals surface area contributed by atoms with Crippen molar-refractivity contribution in [3.8, 4) is 0 Å². The summed E-state index contributed by atoms with van der Waals surface area (Å²) in [4.78, 5) is 0. The maximum atomic E-state index is 2.62. The molecule has 0 atom stereocenters. The van der Waals surface area contributed by atoms with E-state index in [1.54, 1.807) is 0 Å². The first-order valence-corrected chi connectivity index (χ1v) is 23.1. The molecule has 0 bridgehead atoms. The first-order valence-electron chi connectivity index (χ1n) is 18.0. The Morgan fingerprint density at radius 2 is 0.604 bits per heavy atom. The van der Waals surface area contributed by atoms with Crippen LogP contribution in [-0.2, 0) is 0 Å². The zero-order valence-electron chi connectivity index (χ0n) is 28.6. The topological polar surface area (TPSA) is 0 Å². The molecule has 6 rings (SSSR count). The van der Waals surface area contributed by atoms with E-state index in [0.29, 0.717) is 0 Å². The van der Waals surface area contributed by atoms with Crippen LogP contribution in [0.4, 0.5) is 0 Å². The average molecular weight is 667 g/mol. The van der Waals surface area contributed by atoms with Crippen molar-refractivity contribution in [2.45, 2.75) is 44.9 Å². The van der Waals surface area contributed by atoms with Gasteiger partial charge in [-0.15, -0.1) is 0 Å². The van der Waals surface area contributed by atoms with Crippen molar-refractivity contribution in [1.29, 1.82) is 0 Å². The van der Waals surface area contributed by atoms with Gasteiger partial charge in [0.15, 0.2) is 0 Å². The van der Waals surface area contributed by atoms with Crippen LogP contribution in [0.25, 0.3) is 0 Å². The molecular weight excluding hydrogens is 614 g/mol. The number of hydrogen-bond donors (Lipinski definition) is 0. The van der Waals surface area contributed by atoms with E-state index in [1.807, 2.05) is 0 Å². The summed E-state index contributed by atoms with van der Waals surface area (Å²) < 4.78 is 0. The Balaban J connectivity index is 1.12. The second kappa shape index (κ2) is 16.1. The van der Waals surface area contributed by atoms with Crippen molar-refractivity contribution in [2.75, 3.05) is 19.0 Å². The SMILES string of the molecule is CP(CCCCCCCCC[PH](c1ccccc1)(c1ccccc1)c1ccccc1)(c1ccccc1)(c1ccccc1)c1ccccc1. The van der Waals surface area contributed by atoms with Crippen molar-refractivity contribution in [3.63, 3.8) is 0 Å². The molecule has 0 aliphatic rings. The number of benzene rings is 6. The Morgan fingerprint density at radius 3 is 0.938 bits per heavy atom. The third-order valence-electron chi connectivity index (χ3n) is 10.9. The molecule has 0 aromatic heterocycles. The molecule has 6 aromatic carbocycles. The van der Waals surface area contributed by atoms with E-state index in [4.69, 9.17) is 0 Å². The van der Waals surface area contributed by atoms with E-state index in [9.17, 15) is 0 Å². The first-order chi connectivity index (χ1) is 23.7. The molecule has 6 aromatic rings. The predicted octanol–water partition coefficient (Wildman–Crippen LogP) is 9.60. The van der Waals surface area contributed by atoms with Gasteiger partial charge < -0.3 is 0 Å². The third-order valence-corrected chi connectivity index (χ3v) is 22.5. The van der Waals surface area contributed by atoms with Gasteiger partial charge in [-0.05, 0) is 0 Å². The molecule has 0 N–H and O–H groups in total. The minimum atomic E-state index is -2.64. The summed E-state index contributed by atoms with van der Waals surface area (Å²) in [6, 6.07) is 68.4. The van der Waals surface area contributed by atoms with Crippen LogP contribution in [0.3, 0.4) is 0 Å². The molecule has 0 saturated carbocycles. The molecule has 0 amide bonds. The normalized spacial score (nSPS) is 13.0. The van der Waals surface area contributed by atoms with Gasteiger partial charge in [-0.2, -0.15) is 0 Å². The number of unbranched alkanes of at least 4 members (excludes halogenated alkanes) is 6. The molecule has 0 aliphatic carbocycles. The van der Waals surface area contributed by atoms with Gasteiger partial charge in [-0.3, -0.25) is 0 Å². The van der Waals surface area contributed by atoms with E-state index in [2.05, 4.69) is 189 Å². The van der Waals surface area contributed by atoms with Crippen LogP contribution in [0, 0.1) is 0 Å². The Kier molecular flexibility index (Phi) is 11.4. The molecule has 246 valence electrons. The van der Waals surface area contributed by atoms with Crippen LogP contribution >= 0.6 is 13.9 Å². The zero-order valence-corrected chi connectivity index (χ0v) is 30.5. The maximum absolute atomic E-state index is 2.64. The molecule has 0 heterocycles.